The summed E-state index contributed by atoms with van der Waals surface area (Å²) in [5.41, 5.74) is 2.87. The number of rotatable bonds is 4. The summed E-state index contributed by atoms with van der Waals surface area (Å²) in [6, 6.07) is 8.54. The molecule has 0 aromatic heterocycles. The van der Waals surface area contributed by atoms with Crippen LogP contribution in [-0.2, 0) is 11.2 Å². The molecule has 2 aliphatic rings. The highest BCUT2D eigenvalue weighted by molar-refractivity contribution is 5.85. The Kier molecular flexibility index (Phi) is 5.44. The molecule has 1 fully saturated rings. The molecule has 4 heteroatoms. The highest BCUT2D eigenvalue weighted by Crippen LogP contribution is 2.34. The molecule has 0 bridgehead atoms. The third-order valence-electron chi connectivity index (χ3n) is 4.44. The lowest BCUT2D eigenvalue weighted by molar-refractivity contribution is -0.122. The van der Waals surface area contributed by atoms with E-state index in [4.69, 9.17) is 0 Å². The molecule has 1 heterocycles. The van der Waals surface area contributed by atoms with E-state index in [-0.39, 0.29) is 18.3 Å². The summed E-state index contributed by atoms with van der Waals surface area (Å²) in [4.78, 5) is 11.9. The summed E-state index contributed by atoms with van der Waals surface area (Å²) in [6.45, 7) is 2.93. The minimum absolute atomic E-state index is 0. The highest BCUT2D eigenvalue weighted by Gasteiger charge is 2.25. The minimum Gasteiger partial charge on any atom is -0.355 e. The maximum atomic E-state index is 11.9. The van der Waals surface area contributed by atoms with Crippen LogP contribution < -0.4 is 10.6 Å². The standard InChI is InChI=1S/C16H22N2O.ClH/c19-16(9-12-5-7-17-8-6-12)18-11-14-10-13-3-1-2-4-15(13)14;/h1-4,12,14,17H,5-11H2,(H,18,19);1H. The lowest BCUT2D eigenvalue weighted by Gasteiger charge is -2.30. The Bertz CT molecular complexity index is 458. The molecule has 1 saturated heterocycles. The van der Waals surface area contributed by atoms with Crippen molar-refractivity contribution in [2.75, 3.05) is 19.6 Å². The smallest absolute Gasteiger partial charge is 0.220 e. The number of carbonyl (C=O) groups excluding carboxylic acids is 1. The van der Waals surface area contributed by atoms with E-state index < -0.39 is 0 Å². The first kappa shape index (κ1) is 15.3. The third kappa shape index (κ3) is 3.53. The van der Waals surface area contributed by atoms with Crippen molar-refractivity contribution in [2.45, 2.75) is 31.6 Å². The molecule has 1 aromatic carbocycles. The van der Waals surface area contributed by atoms with Gasteiger partial charge in [0.05, 0.1) is 0 Å². The van der Waals surface area contributed by atoms with E-state index in [1.807, 2.05) is 0 Å². The predicted molar refractivity (Wildman–Crippen MR) is 83.4 cm³/mol. The summed E-state index contributed by atoms with van der Waals surface area (Å²) < 4.78 is 0. The fourth-order valence-corrected chi connectivity index (χ4v) is 3.20. The average Bonchev–Trinajstić information content (AvgIpc) is 2.41. The Morgan fingerprint density at radius 1 is 1.25 bits per heavy atom. The van der Waals surface area contributed by atoms with Crippen LogP contribution in [0.5, 0.6) is 0 Å². The van der Waals surface area contributed by atoms with Gasteiger partial charge in [0.25, 0.3) is 0 Å². The average molecular weight is 295 g/mol. The number of hydrogen-bond acceptors (Lipinski definition) is 2. The summed E-state index contributed by atoms with van der Waals surface area (Å²) in [5, 5.41) is 6.45. The van der Waals surface area contributed by atoms with Gasteiger partial charge in [0.15, 0.2) is 0 Å². The number of amides is 1. The van der Waals surface area contributed by atoms with Crippen LogP contribution in [0.25, 0.3) is 0 Å². The Balaban J connectivity index is 0.00000147. The molecule has 20 heavy (non-hydrogen) atoms. The number of benzene rings is 1. The van der Waals surface area contributed by atoms with Gasteiger partial charge < -0.3 is 10.6 Å². The van der Waals surface area contributed by atoms with Gasteiger partial charge in [-0.15, -0.1) is 12.4 Å². The lowest BCUT2D eigenvalue weighted by Crippen LogP contribution is -2.36. The first-order valence-corrected chi connectivity index (χ1v) is 7.38. The van der Waals surface area contributed by atoms with Gasteiger partial charge >= 0.3 is 0 Å². The van der Waals surface area contributed by atoms with Gasteiger partial charge in [-0.1, -0.05) is 24.3 Å². The Labute approximate surface area is 126 Å². The second-order valence-corrected chi connectivity index (χ2v) is 5.80. The fraction of sp³-hybridized carbons (Fsp3) is 0.562. The van der Waals surface area contributed by atoms with Crippen LogP contribution in [0.3, 0.4) is 0 Å². The van der Waals surface area contributed by atoms with Crippen molar-refractivity contribution in [3.63, 3.8) is 0 Å². The fourth-order valence-electron chi connectivity index (χ4n) is 3.20. The van der Waals surface area contributed by atoms with Crippen molar-refractivity contribution in [3.05, 3.63) is 35.4 Å². The van der Waals surface area contributed by atoms with Crippen LogP contribution in [0.15, 0.2) is 24.3 Å². The van der Waals surface area contributed by atoms with Crippen LogP contribution in [-0.4, -0.2) is 25.5 Å². The van der Waals surface area contributed by atoms with Gasteiger partial charge in [-0.3, -0.25) is 4.79 Å². The number of piperidine rings is 1. The first-order valence-electron chi connectivity index (χ1n) is 7.38. The molecule has 0 radical (unpaired) electrons. The minimum atomic E-state index is 0. The number of fused-ring (bicyclic) bond motifs is 1. The molecule has 1 aromatic rings. The van der Waals surface area contributed by atoms with Gasteiger partial charge in [-0.2, -0.15) is 0 Å². The van der Waals surface area contributed by atoms with Crippen molar-refractivity contribution in [1.29, 1.82) is 0 Å². The van der Waals surface area contributed by atoms with Crippen molar-refractivity contribution in [1.82, 2.24) is 10.6 Å². The number of halogens is 1. The highest BCUT2D eigenvalue weighted by atomic mass is 35.5. The van der Waals surface area contributed by atoms with Crippen molar-refractivity contribution < 1.29 is 4.79 Å². The molecule has 1 unspecified atom stereocenters. The summed E-state index contributed by atoms with van der Waals surface area (Å²) in [6.07, 6.45) is 4.10. The number of nitrogens with one attached hydrogen (secondary N) is 2. The van der Waals surface area contributed by atoms with E-state index in [0.717, 1.165) is 38.9 Å². The monoisotopic (exact) mass is 294 g/mol. The zero-order valence-electron chi connectivity index (χ0n) is 11.7. The van der Waals surface area contributed by atoms with Crippen LogP contribution in [0.2, 0.25) is 0 Å². The normalized spacial score (nSPS) is 21.3. The van der Waals surface area contributed by atoms with E-state index in [1.54, 1.807) is 0 Å². The van der Waals surface area contributed by atoms with E-state index in [0.29, 0.717) is 18.3 Å². The zero-order chi connectivity index (χ0) is 13.1. The third-order valence-corrected chi connectivity index (χ3v) is 4.44. The zero-order valence-corrected chi connectivity index (χ0v) is 12.5. The SMILES string of the molecule is Cl.O=C(CC1CCNCC1)NCC1Cc2ccccc21. The second-order valence-electron chi connectivity index (χ2n) is 5.80. The summed E-state index contributed by atoms with van der Waals surface area (Å²) in [7, 11) is 0. The van der Waals surface area contributed by atoms with Crippen LogP contribution in [0, 0.1) is 5.92 Å². The Morgan fingerprint density at radius 2 is 2.00 bits per heavy atom. The number of hydrogen-bond donors (Lipinski definition) is 2. The molecule has 1 aliphatic carbocycles. The van der Waals surface area contributed by atoms with Crippen LogP contribution >= 0.6 is 12.4 Å². The van der Waals surface area contributed by atoms with Gasteiger partial charge in [0.2, 0.25) is 5.91 Å². The quantitative estimate of drug-likeness (QED) is 0.894. The Morgan fingerprint density at radius 3 is 2.75 bits per heavy atom. The van der Waals surface area contributed by atoms with Gasteiger partial charge in [-0.25, -0.2) is 0 Å². The van der Waals surface area contributed by atoms with E-state index in [9.17, 15) is 4.79 Å². The van der Waals surface area contributed by atoms with E-state index >= 15 is 0 Å². The van der Waals surface area contributed by atoms with E-state index in [1.165, 1.54) is 11.1 Å². The second kappa shape index (κ2) is 7.09. The van der Waals surface area contributed by atoms with Crippen molar-refractivity contribution in [3.8, 4) is 0 Å². The van der Waals surface area contributed by atoms with Gasteiger partial charge in [0.1, 0.15) is 0 Å². The Hall–Kier alpha value is -1.06. The lowest BCUT2D eigenvalue weighted by atomic mass is 9.77. The van der Waals surface area contributed by atoms with Crippen molar-refractivity contribution >= 4 is 18.3 Å². The summed E-state index contributed by atoms with van der Waals surface area (Å²) in [5.74, 6) is 1.35. The molecule has 0 spiro atoms. The molecule has 1 amide bonds. The van der Waals surface area contributed by atoms with Crippen LogP contribution in [0.4, 0.5) is 0 Å². The molecule has 0 saturated carbocycles. The number of carbonyl (C=O) groups is 1. The molecular formula is C16H23ClN2O. The molecule has 3 rings (SSSR count). The molecule has 1 aliphatic heterocycles. The van der Waals surface area contributed by atoms with Crippen LogP contribution in [0.1, 0.15) is 36.3 Å². The maximum absolute atomic E-state index is 11.9. The molecular weight excluding hydrogens is 272 g/mol. The molecule has 2 N–H and O–H groups in total. The maximum Gasteiger partial charge on any atom is 0.220 e. The molecule has 3 nitrogen and oxygen atoms in total. The molecule has 110 valence electrons. The van der Waals surface area contributed by atoms with Crippen molar-refractivity contribution in [2.24, 2.45) is 5.92 Å². The summed E-state index contributed by atoms with van der Waals surface area (Å²) >= 11 is 0. The van der Waals surface area contributed by atoms with Gasteiger partial charge in [0, 0.05) is 18.9 Å². The molecule has 1 atom stereocenters. The van der Waals surface area contributed by atoms with E-state index in [2.05, 4.69) is 34.9 Å². The topological polar surface area (TPSA) is 41.1 Å². The predicted octanol–water partition coefficient (Wildman–Crippen LogP) is 2.25. The largest absolute Gasteiger partial charge is 0.355 e. The first-order chi connectivity index (χ1) is 9.33. The van der Waals surface area contributed by atoms with Gasteiger partial charge in [-0.05, 0) is 49.4 Å².